The summed E-state index contributed by atoms with van der Waals surface area (Å²) >= 11 is 3.09. The molecule has 1 aromatic heterocycles. The van der Waals surface area contributed by atoms with Gasteiger partial charge in [0, 0.05) is 6.20 Å². The van der Waals surface area contributed by atoms with Crippen LogP contribution in [-0.4, -0.2) is 10.4 Å². The molecule has 5 heteroatoms. The summed E-state index contributed by atoms with van der Waals surface area (Å²) in [5.74, 6) is -1.01. The Balaban J connectivity index is 2.30. The number of hydrogen-bond donors (Lipinski definition) is 0. The lowest BCUT2D eigenvalue weighted by molar-refractivity contribution is 0.0967. The number of hydrogen-bond acceptors (Lipinski definition) is 2. The van der Waals surface area contributed by atoms with Gasteiger partial charge in [0.1, 0.15) is 5.82 Å². The molecule has 0 atom stereocenters. The average molecular weight is 310 g/mol. The van der Waals surface area contributed by atoms with Crippen LogP contribution >= 0.6 is 15.9 Å². The third-order valence-corrected chi connectivity index (χ3v) is 3.07. The number of rotatable bonds is 3. The van der Waals surface area contributed by atoms with E-state index in [1.165, 1.54) is 29.0 Å². The molecule has 1 aromatic carbocycles. The molecule has 2 rings (SSSR count). The van der Waals surface area contributed by atoms with Gasteiger partial charge < -0.3 is 4.57 Å². The summed E-state index contributed by atoms with van der Waals surface area (Å²) in [6.45, 7) is -0.181. The fraction of sp³-hybridized carbons (Fsp3) is 0.0769. The highest BCUT2D eigenvalue weighted by Crippen LogP contribution is 2.08. The van der Waals surface area contributed by atoms with E-state index in [1.807, 2.05) is 0 Å². The van der Waals surface area contributed by atoms with Crippen molar-refractivity contribution in [2.45, 2.75) is 6.54 Å². The first-order chi connectivity index (χ1) is 8.59. The molecule has 2 aromatic rings. The Morgan fingerprint density at radius 3 is 2.67 bits per heavy atom. The Labute approximate surface area is 111 Å². The van der Waals surface area contributed by atoms with Crippen LogP contribution in [0.3, 0.4) is 0 Å². The second-order valence-electron chi connectivity index (χ2n) is 3.69. The number of Topliss-reactive ketones (excluding diaryl/α,β-unsaturated/α-hetero) is 1. The van der Waals surface area contributed by atoms with E-state index >= 15 is 0 Å². The minimum Gasteiger partial charge on any atom is -0.307 e. The fourth-order valence-electron chi connectivity index (χ4n) is 1.56. The van der Waals surface area contributed by atoms with Gasteiger partial charge in [0.15, 0.2) is 5.78 Å². The van der Waals surface area contributed by atoms with E-state index in [2.05, 4.69) is 15.9 Å². The van der Waals surface area contributed by atoms with Crippen molar-refractivity contribution >= 4 is 21.7 Å². The number of aromatic nitrogens is 1. The number of pyridine rings is 1. The maximum absolute atomic E-state index is 13.4. The quantitative estimate of drug-likeness (QED) is 0.818. The van der Waals surface area contributed by atoms with Gasteiger partial charge in [0.05, 0.1) is 16.6 Å². The number of carbonyl (C=O) groups excluding carboxylic acids is 1. The molecule has 0 aliphatic heterocycles. The predicted octanol–water partition coefficient (Wildman–Crippen LogP) is 2.63. The van der Waals surface area contributed by atoms with Gasteiger partial charge in [-0.3, -0.25) is 9.59 Å². The van der Waals surface area contributed by atoms with E-state index in [-0.39, 0.29) is 17.7 Å². The molecule has 3 nitrogen and oxygen atoms in total. The van der Waals surface area contributed by atoms with Crippen LogP contribution in [0, 0.1) is 5.82 Å². The van der Waals surface area contributed by atoms with Crippen LogP contribution in [-0.2, 0) is 6.54 Å². The van der Waals surface area contributed by atoms with Crippen LogP contribution in [0.25, 0.3) is 0 Å². The van der Waals surface area contributed by atoms with Gasteiger partial charge in [-0.2, -0.15) is 0 Å². The maximum Gasteiger partial charge on any atom is 0.265 e. The summed E-state index contributed by atoms with van der Waals surface area (Å²) in [6.07, 6.45) is 1.49. The summed E-state index contributed by atoms with van der Waals surface area (Å²) in [5, 5.41) is 0. The molecule has 92 valence electrons. The van der Waals surface area contributed by atoms with Crippen molar-refractivity contribution in [2.75, 3.05) is 0 Å². The zero-order valence-corrected chi connectivity index (χ0v) is 10.9. The molecule has 18 heavy (non-hydrogen) atoms. The Hall–Kier alpha value is -1.75. The average Bonchev–Trinajstić information content (AvgIpc) is 2.35. The Bertz CT molecular complexity index is 651. The number of nitrogens with zero attached hydrogens (tertiary/aromatic N) is 1. The van der Waals surface area contributed by atoms with Crippen molar-refractivity contribution < 1.29 is 9.18 Å². The smallest absolute Gasteiger partial charge is 0.265 e. The van der Waals surface area contributed by atoms with E-state index in [9.17, 15) is 14.0 Å². The van der Waals surface area contributed by atoms with E-state index in [4.69, 9.17) is 0 Å². The van der Waals surface area contributed by atoms with Crippen molar-refractivity contribution in [2.24, 2.45) is 0 Å². The third-order valence-electron chi connectivity index (χ3n) is 2.46. The van der Waals surface area contributed by atoms with E-state index in [0.29, 0.717) is 4.47 Å². The molecule has 0 aliphatic rings. The van der Waals surface area contributed by atoms with Gasteiger partial charge in [-0.1, -0.05) is 12.1 Å². The zero-order valence-electron chi connectivity index (χ0n) is 9.27. The summed E-state index contributed by atoms with van der Waals surface area (Å²) in [6, 6.07) is 8.95. The first-order valence-corrected chi connectivity index (χ1v) is 6.01. The minimum absolute atomic E-state index is 0.00984. The number of ketones is 1. The Kier molecular flexibility index (Phi) is 3.72. The topological polar surface area (TPSA) is 39.1 Å². The normalized spacial score (nSPS) is 10.3. The lowest BCUT2D eigenvalue weighted by Crippen LogP contribution is -2.24. The summed E-state index contributed by atoms with van der Waals surface area (Å²) < 4.78 is 15.0. The first kappa shape index (κ1) is 12.7. The van der Waals surface area contributed by atoms with Gasteiger partial charge in [-0.15, -0.1) is 0 Å². The molecule has 0 saturated carbocycles. The fourth-order valence-corrected chi connectivity index (χ4v) is 1.94. The van der Waals surface area contributed by atoms with Gasteiger partial charge in [0.25, 0.3) is 5.56 Å². The second kappa shape index (κ2) is 5.27. The minimum atomic E-state index is -0.578. The third kappa shape index (κ3) is 2.56. The molecule has 0 amide bonds. The highest BCUT2D eigenvalue weighted by Gasteiger charge is 2.12. The molecule has 0 aliphatic carbocycles. The molecule has 0 N–H and O–H groups in total. The highest BCUT2D eigenvalue weighted by atomic mass is 79.9. The van der Waals surface area contributed by atoms with Gasteiger partial charge in [0.2, 0.25) is 0 Å². The molecular weight excluding hydrogens is 301 g/mol. The van der Waals surface area contributed by atoms with Gasteiger partial charge >= 0.3 is 0 Å². The van der Waals surface area contributed by atoms with Crippen molar-refractivity contribution in [3.05, 3.63) is 68.8 Å². The molecule has 0 fully saturated rings. The van der Waals surface area contributed by atoms with E-state index < -0.39 is 11.6 Å². The van der Waals surface area contributed by atoms with Crippen LogP contribution in [0.1, 0.15) is 10.4 Å². The van der Waals surface area contributed by atoms with Crippen LogP contribution in [0.5, 0.6) is 0 Å². The molecule has 1 heterocycles. The van der Waals surface area contributed by atoms with Crippen molar-refractivity contribution in [1.29, 1.82) is 0 Å². The SMILES string of the molecule is O=C(Cn1cccc(Br)c1=O)c1ccccc1F. The standard InChI is InChI=1S/C13H9BrFNO2/c14-10-5-3-7-16(13(10)18)8-12(17)9-4-1-2-6-11(9)15/h1-7H,8H2. The van der Waals surface area contributed by atoms with Crippen LogP contribution in [0.4, 0.5) is 4.39 Å². The molecule has 0 radical (unpaired) electrons. The van der Waals surface area contributed by atoms with Crippen molar-refractivity contribution in [3.8, 4) is 0 Å². The largest absolute Gasteiger partial charge is 0.307 e. The molecule has 0 unspecified atom stereocenters. The van der Waals surface area contributed by atoms with Gasteiger partial charge in [-0.25, -0.2) is 4.39 Å². The Morgan fingerprint density at radius 1 is 1.22 bits per heavy atom. The van der Waals surface area contributed by atoms with Crippen LogP contribution < -0.4 is 5.56 Å². The van der Waals surface area contributed by atoms with E-state index in [0.717, 1.165) is 0 Å². The second-order valence-corrected chi connectivity index (χ2v) is 4.55. The van der Waals surface area contributed by atoms with Crippen LogP contribution in [0.2, 0.25) is 0 Å². The number of benzene rings is 1. The lowest BCUT2D eigenvalue weighted by atomic mass is 10.1. The van der Waals surface area contributed by atoms with E-state index in [1.54, 1.807) is 18.2 Å². The molecule has 0 spiro atoms. The Morgan fingerprint density at radius 2 is 1.94 bits per heavy atom. The van der Waals surface area contributed by atoms with Crippen molar-refractivity contribution in [3.63, 3.8) is 0 Å². The molecular formula is C13H9BrFNO2. The number of carbonyl (C=O) groups is 1. The van der Waals surface area contributed by atoms with Crippen molar-refractivity contribution in [1.82, 2.24) is 4.57 Å². The first-order valence-electron chi connectivity index (χ1n) is 5.22. The summed E-state index contributed by atoms with van der Waals surface area (Å²) in [7, 11) is 0. The zero-order chi connectivity index (χ0) is 13.1. The highest BCUT2D eigenvalue weighted by molar-refractivity contribution is 9.10. The lowest BCUT2D eigenvalue weighted by Gasteiger charge is -2.05. The van der Waals surface area contributed by atoms with Crippen LogP contribution in [0.15, 0.2) is 51.9 Å². The maximum atomic E-state index is 13.4. The molecule has 0 bridgehead atoms. The molecule has 0 saturated heterocycles. The summed E-state index contributed by atoms with van der Waals surface area (Å²) in [4.78, 5) is 23.6. The number of halogens is 2. The predicted molar refractivity (Wildman–Crippen MR) is 69.1 cm³/mol. The summed E-state index contributed by atoms with van der Waals surface area (Å²) in [5.41, 5.74) is -0.327. The van der Waals surface area contributed by atoms with Gasteiger partial charge in [-0.05, 0) is 40.2 Å². The monoisotopic (exact) mass is 309 g/mol.